The highest BCUT2D eigenvalue weighted by Crippen LogP contribution is 2.40. The van der Waals surface area contributed by atoms with Crippen LogP contribution in [-0.4, -0.2) is 23.5 Å². The average Bonchev–Trinajstić information content (AvgIpc) is 2.99. The number of aryl methyl sites for hydroxylation is 1. The van der Waals surface area contributed by atoms with E-state index in [2.05, 4.69) is 46.9 Å². The fourth-order valence-electron chi connectivity index (χ4n) is 2.53. The molecule has 0 bridgehead atoms. The SMILES string of the molecule is CCOC(=O)C(=O)Nc1cc(Br)c(Oc2ccc3[nH]cc(C)c3c2)c(Br)c1. The number of rotatable bonds is 4. The molecular weight excluding hydrogens is 480 g/mol. The summed E-state index contributed by atoms with van der Waals surface area (Å²) < 4.78 is 11.9. The maximum Gasteiger partial charge on any atom is 0.397 e. The van der Waals surface area contributed by atoms with Gasteiger partial charge in [0.25, 0.3) is 0 Å². The first-order valence-electron chi connectivity index (χ1n) is 8.11. The van der Waals surface area contributed by atoms with Crippen LogP contribution in [0.4, 0.5) is 5.69 Å². The molecule has 0 saturated heterocycles. The average molecular weight is 496 g/mol. The number of hydrogen-bond donors (Lipinski definition) is 2. The number of anilines is 1. The first-order chi connectivity index (χ1) is 12.9. The predicted octanol–water partition coefficient (Wildman–Crippen LogP) is 5.30. The third-order valence-corrected chi connectivity index (χ3v) is 4.98. The van der Waals surface area contributed by atoms with Gasteiger partial charge in [-0.3, -0.25) is 4.79 Å². The molecular formula is C19H16Br2N2O4. The number of aromatic amines is 1. The Balaban J connectivity index is 1.82. The van der Waals surface area contributed by atoms with Gasteiger partial charge in [-0.05, 0) is 81.6 Å². The van der Waals surface area contributed by atoms with Gasteiger partial charge in [0, 0.05) is 22.8 Å². The highest BCUT2D eigenvalue weighted by Gasteiger charge is 2.17. The molecule has 27 heavy (non-hydrogen) atoms. The Kier molecular flexibility index (Phi) is 5.86. The van der Waals surface area contributed by atoms with E-state index in [1.165, 1.54) is 0 Å². The lowest BCUT2D eigenvalue weighted by Gasteiger charge is -2.13. The van der Waals surface area contributed by atoms with Crippen molar-refractivity contribution in [1.29, 1.82) is 0 Å². The summed E-state index contributed by atoms with van der Waals surface area (Å²) in [6.07, 6.45) is 1.95. The second-order valence-corrected chi connectivity index (χ2v) is 7.43. The number of carbonyl (C=O) groups is 2. The molecule has 0 saturated carbocycles. The smallest absolute Gasteiger partial charge is 0.397 e. The molecule has 3 rings (SSSR count). The molecule has 2 aromatic carbocycles. The lowest BCUT2D eigenvalue weighted by Crippen LogP contribution is -2.25. The lowest BCUT2D eigenvalue weighted by atomic mass is 10.2. The molecule has 0 atom stereocenters. The minimum atomic E-state index is -0.930. The zero-order chi connectivity index (χ0) is 19.6. The quantitative estimate of drug-likeness (QED) is 0.380. The van der Waals surface area contributed by atoms with Gasteiger partial charge in [-0.15, -0.1) is 0 Å². The number of H-pyrrole nitrogens is 1. The number of benzene rings is 2. The number of esters is 1. The van der Waals surface area contributed by atoms with Crippen molar-refractivity contribution in [2.45, 2.75) is 13.8 Å². The van der Waals surface area contributed by atoms with Crippen molar-refractivity contribution < 1.29 is 19.1 Å². The summed E-state index contributed by atoms with van der Waals surface area (Å²) in [4.78, 5) is 26.4. The van der Waals surface area contributed by atoms with Crippen molar-refractivity contribution in [2.75, 3.05) is 11.9 Å². The number of aromatic nitrogens is 1. The van der Waals surface area contributed by atoms with Crippen molar-refractivity contribution in [3.8, 4) is 11.5 Å². The molecule has 8 heteroatoms. The first kappa shape index (κ1) is 19.4. The van der Waals surface area contributed by atoms with E-state index in [9.17, 15) is 9.59 Å². The summed E-state index contributed by atoms with van der Waals surface area (Å²) in [6, 6.07) is 9.08. The number of halogens is 2. The van der Waals surface area contributed by atoms with Crippen molar-refractivity contribution in [3.05, 3.63) is 51.0 Å². The van der Waals surface area contributed by atoms with E-state index in [4.69, 9.17) is 4.74 Å². The number of ether oxygens (including phenoxy) is 2. The molecule has 1 amide bonds. The Bertz CT molecular complexity index is 1010. The van der Waals surface area contributed by atoms with Gasteiger partial charge in [0.05, 0.1) is 15.6 Å². The van der Waals surface area contributed by atoms with E-state index in [1.54, 1.807) is 19.1 Å². The first-order valence-corrected chi connectivity index (χ1v) is 9.70. The summed E-state index contributed by atoms with van der Waals surface area (Å²) in [6.45, 7) is 3.80. The van der Waals surface area contributed by atoms with Crippen molar-refractivity contribution in [3.63, 3.8) is 0 Å². The lowest BCUT2D eigenvalue weighted by molar-refractivity contribution is -0.152. The van der Waals surface area contributed by atoms with Crippen LogP contribution in [0.25, 0.3) is 10.9 Å². The number of fused-ring (bicyclic) bond motifs is 1. The fourth-order valence-corrected chi connectivity index (χ4v) is 3.88. The molecule has 3 aromatic rings. The van der Waals surface area contributed by atoms with Gasteiger partial charge in [-0.2, -0.15) is 0 Å². The third-order valence-electron chi connectivity index (χ3n) is 3.80. The largest absolute Gasteiger partial charge is 0.459 e. The van der Waals surface area contributed by atoms with Crippen molar-refractivity contribution in [2.24, 2.45) is 0 Å². The van der Waals surface area contributed by atoms with Gasteiger partial charge < -0.3 is 19.8 Å². The molecule has 6 nitrogen and oxygen atoms in total. The minimum Gasteiger partial charge on any atom is -0.459 e. The van der Waals surface area contributed by atoms with Crippen LogP contribution in [0.2, 0.25) is 0 Å². The van der Waals surface area contributed by atoms with Crippen molar-refractivity contribution in [1.82, 2.24) is 4.98 Å². The molecule has 1 aromatic heterocycles. The summed E-state index contributed by atoms with van der Waals surface area (Å²) in [7, 11) is 0. The molecule has 1 heterocycles. The molecule has 0 aliphatic rings. The standard InChI is InChI=1S/C19H16Br2N2O4/c1-3-26-19(25)18(24)23-11-6-14(20)17(15(21)7-11)27-12-4-5-16-13(8-12)10(2)9-22-16/h4-9,22H,3H2,1-2H3,(H,23,24). The molecule has 2 N–H and O–H groups in total. The zero-order valence-corrected chi connectivity index (χ0v) is 17.7. The van der Waals surface area contributed by atoms with E-state index in [-0.39, 0.29) is 6.61 Å². The number of hydrogen-bond acceptors (Lipinski definition) is 4. The summed E-state index contributed by atoms with van der Waals surface area (Å²) >= 11 is 6.88. The van der Waals surface area contributed by atoms with Gasteiger partial charge in [0.2, 0.25) is 0 Å². The normalized spacial score (nSPS) is 10.7. The topological polar surface area (TPSA) is 80.4 Å². The summed E-state index contributed by atoms with van der Waals surface area (Å²) in [5, 5.41) is 3.58. The van der Waals surface area contributed by atoms with Crippen LogP contribution in [0.3, 0.4) is 0 Å². The van der Waals surface area contributed by atoms with E-state index >= 15 is 0 Å². The van der Waals surface area contributed by atoms with Gasteiger partial charge in [-0.1, -0.05) is 0 Å². The Morgan fingerprint density at radius 1 is 1.15 bits per heavy atom. The third kappa shape index (κ3) is 4.33. The Morgan fingerprint density at radius 2 is 1.85 bits per heavy atom. The van der Waals surface area contributed by atoms with E-state index in [0.29, 0.717) is 26.1 Å². The highest BCUT2D eigenvalue weighted by atomic mass is 79.9. The minimum absolute atomic E-state index is 0.136. The number of amides is 1. The van der Waals surface area contributed by atoms with Crippen LogP contribution in [-0.2, 0) is 14.3 Å². The molecule has 0 fully saturated rings. The van der Waals surface area contributed by atoms with Gasteiger partial charge in [0.1, 0.15) is 5.75 Å². The Labute approximate surface area is 172 Å². The second kappa shape index (κ2) is 8.14. The van der Waals surface area contributed by atoms with E-state index in [1.807, 2.05) is 31.3 Å². The second-order valence-electron chi connectivity index (χ2n) is 5.72. The highest BCUT2D eigenvalue weighted by molar-refractivity contribution is 9.11. The summed E-state index contributed by atoms with van der Waals surface area (Å²) in [5.41, 5.74) is 2.59. The Morgan fingerprint density at radius 3 is 2.52 bits per heavy atom. The van der Waals surface area contributed by atoms with Gasteiger partial charge >= 0.3 is 11.9 Å². The summed E-state index contributed by atoms with van der Waals surface area (Å²) in [5.74, 6) is -0.537. The zero-order valence-electron chi connectivity index (χ0n) is 14.6. The van der Waals surface area contributed by atoms with E-state index < -0.39 is 11.9 Å². The molecule has 0 unspecified atom stereocenters. The molecule has 0 aliphatic carbocycles. The monoisotopic (exact) mass is 494 g/mol. The van der Waals surface area contributed by atoms with Gasteiger partial charge in [-0.25, -0.2) is 4.79 Å². The molecule has 140 valence electrons. The molecule has 0 radical (unpaired) electrons. The van der Waals surface area contributed by atoms with Crippen LogP contribution >= 0.6 is 31.9 Å². The van der Waals surface area contributed by atoms with Gasteiger partial charge in [0.15, 0.2) is 5.75 Å². The number of nitrogens with one attached hydrogen (secondary N) is 2. The van der Waals surface area contributed by atoms with Crippen LogP contribution in [0.5, 0.6) is 11.5 Å². The molecule has 0 aliphatic heterocycles. The maximum atomic E-state index is 11.8. The Hall–Kier alpha value is -2.32. The molecule has 0 spiro atoms. The van der Waals surface area contributed by atoms with Crippen LogP contribution in [0.15, 0.2) is 45.5 Å². The fraction of sp³-hybridized carbons (Fsp3) is 0.158. The van der Waals surface area contributed by atoms with Crippen LogP contribution in [0.1, 0.15) is 12.5 Å². The maximum absolute atomic E-state index is 11.8. The van der Waals surface area contributed by atoms with Crippen LogP contribution < -0.4 is 10.1 Å². The number of carbonyl (C=O) groups excluding carboxylic acids is 2. The predicted molar refractivity (Wildman–Crippen MR) is 110 cm³/mol. The van der Waals surface area contributed by atoms with Crippen molar-refractivity contribution >= 4 is 60.3 Å². The van der Waals surface area contributed by atoms with Crippen LogP contribution in [0, 0.1) is 6.92 Å². The van der Waals surface area contributed by atoms with E-state index in [0.717, 1.165) is 16.5 Å².